The van der Waals surface area contributed by atoms with E-state index in [2.05, 4.69) is 29.3 Å². The normalized spacial score (nSPS) is 17.9. The molecule has 2 aliphatic rings. The summed E-state index contributed by atoms with van der Waals surface area (Å²) in [6, 6.07) is 22.1. The average molecular weight is 486 g/mol. The molecular weight excluding hydrogens is 458 g/mol. The summed E-state index contributed by atoms with van der Waals surface area (Å²) >= 11 is 7.88. The van der Waals surface area contributed by atoms with E-state index in [4.69, 9.17) is 11.6 Å². The number of carbonyl (C=O) groups excluding carboxylic acids is 1. The highest BCUT2D eigenvalue weighted by atomic mass is 35.5. The number of rotatable bonds is 6. The van der Waals surface area contributed by atoms with Gasteiger partial charge in [-0.3, -0.25) is 4.79 Å². The maximum absolute atomic E-state index is 13.0. The van der Waals surface area contributed by atoms with Crippen LogP contribution in [0.4, 0.5) is 0 Å². The van der Waals surface area contributed by atoms with Crippen molar-refractivity contribution in [2.75, 3.05) is 13.1 Å². The van der Waals surface area contributed by atoms with Gasteiger partial charge < -0.3 is 4.90 Å². The topological polar surface area (TPSA) is 20.3 Å². The lowest BCUT2D eigenvalue weighted by molar-refractivity contribution is 0.104. The summed E-state index contributed by atoms with van der Waals surface area (Å²) in [6.45, 7) is 2.27. The van der Waals surface area contributed by atoms with Gasteiger partial charge in [0.2, 0.25) is 0 Å². The Morgan fingerprint density at radius 2 is 1.65 bits per heavy atom. The zero-order valence-corrected chi connectivity index (χ0v) is 20.7. The minimum absolute atomic E-state index is 0.0440. The molecule has 0 saturated carbocycles. The van der Waals surface area contributed by atoms with Crippen LogP contribution < -0.4 is 0 Å². The third-order valence-electron chi connectivity index (χ3n) is 6.48. The lowest BCUT2D eigenvalue weighted by atomic mass is 10.0. The zero-order chi connectivity index (χ0) is 23.3. The van der Waals surface area contributed by atoms with Crippen LogP contribution in [0.5, 0.6) is 0 Å². The fourth-order valence-corrected chi connectivity index (χ4v) is 5.84. The van der Waals surface area contributed by atoms with Gasteiger partial charge in [-0.05, 0) is 90.4 Å². The average Bonchev–Trinajstić information content (AvgIpc) is 3.25. The van der Waals surface area contributed by atoms with Gasteiger partial charge in [0.1, 0.15) is 0 Å². The number of fused-ring (bicyclic) bond motifs is 1. The molecule has 1 saturated heterocycles. The summed E-state index contributed by atoms with van der Waals surface area (Å²) in [4.78, 5) is 17.9. The molecule has 4 heteroatoms. The number of piperidine rings is 1. The van der Waals surface area contributed by atoms with Gasteiger partial charge in [0.05, 0.1) is 0 Å². The summed E-state index contributed by atoms with van der Waals surface area (Å²) in [5.74, 6) is 0.0440. The van der Waals surface area contributed by atoms with Gasteiger partial charge in [0.25, 0.3) is 0 Å². The van der Waals surface area contributed by atoms with Gasteiger partial charge in [-0.2, -0.15) is 0 Å². The Hall–Kier alpha value is -2.75. The molecular formula is C30H28ClNOS. The summed E-state index contributed by atoms with van der Waals surface area (Å²) < 4.78 is 0. The number of carbonyl (C=O) groups is 1. The number of nitrogens with zero attached hydrogens (tertiary/aromatic N) is 1. The molecule has 0 unspecified atom stereocenters. The molecule has 1 aliphatic carbocycles. The van der Waals surface area contributed by atoms with Crippen molar-refractivity contribution in [2.24, 2.45) is 0 Å². The third kappa shape index (κ3) is 5.48. The van der Waals surface area contributed by atoms with Gasteiger partial charge in [-0.1, -0.05) is 65.8 Å². The molecule has 0 N–H and O–H groups in total. The summed E-state index contributed by atoms with van der Waals surface area (Å²) in [6.07, 6.45) is 12.0. The van der Waals surface area contributed by atoms with Crippen molar-refractivity contribution in [1.29, 1.82) is 0 Å². The Kier molecular flexibility index (Phi) is 7.22. The first-order valence-electron chi connectivity index (χ1n) is 12.0. The van der Waals surface area contributed by atoms with Gasteiger partial charge in [-0.25, -0.2) is 0 Å². The van der Waals surface area contributed by atoms with Crippen molar-refractivity contribution in [1.82, 2.24) is 4.90 Å². The quantitative estimate of drug-likeness (QED) is 0.258. The summed E-state index contributed by atoms with van der Waals surface area (Å²) in [5.41, 5.74) is 3.33. The van der Waals surface area contributed by atoms with Crippen molar-refractivity contribution in [3.63, 3.8) is 0 Å². The van der Waals surface area contributed by atoms with E-state index in [1.807, 2.05) is 54.6 Å². The van der Waals surface area contributed by atoms with E-state index < -0.39 is 0 Å². The van der Waals surface area contributed by atoms with E-state index in [0.717, 1.165) is 52.2 Å². The van der Waals surface area contributed by atoms with Crippen molar-refractivity contribution in [2.45, 2.75) is 37.0 Å². The number of ketones is 1. The van der Waals surface area contributed by atoms with Gasteiger partial charge in [0.15, 0.2) is 5.78 Å². The molecule has 0 radical (unpaired) electrons. The number of hydrogen-bond acceptors (Lipinski definition) is 3. The molecule has 1 heterocycles. The fraction of sp³-hybridized carbons (Fsp3) is 0.233. The number of hydrogen-bond donors (Lipinski definition) is 0. The predicted octanol–water partition coefficient (Wildman–Crippen LogP) is 8.44. The Bertz CT molecular complexity index is 1280. The van der Waals surface area contributed by atoms with Crippen LogP contribution in [0.3, 0.4) is 0 Å². The maximum atomic E-state index is 13.0. The number of halogens is 1. The van der Waals surface area contributed by atoms with Crippen molar-refractivity contribution < 1.29 is 4.79 Å². The second kappa shape index (κ2) is 10.7. The van der Waals surface area contributed by atoms with Crippen LogP contribution in [0, 0.1) is 0 Å². The molecule has 3 aromatic rings. The highest BCUT2D eigenvalue weighted by Crippen LogP contribution is 2.43. The molecule has 3 aromatic carbocycles. The highest BCUT2D eigenvalue weighted by molar-refractivity contribution is 8.03. The predicted molar refractivity (Wildman–Crippen MR) is 144 cm³/mol. The van der Waals surface area contributed by atoms with E-state index in [0.29, 0.717) is 0 Å². The van der Waals surface area contributed by atoms with Gasteiger partial charge in [0, 0.05) is 39.7 Å². The van der Waals surface area contributed by atoms with Crippen molar-refractivity contribution >= 4 is 39.9 Å². The molecule has 5 rings (SSSR count). The molecule has 1 aliphatic heterocycles. The number of allylic oxidation sites excluding steroid dienone is 4. The SMILES string of the molecule is O=C(/C=C/C1=C(Sc2ccc(Cl)cc2)C(=C/N2CCCCC2)/CC1)c1ccc2ccccc2c1. The van der Waals surface area contributed by atoms with Gasteiger partial charge >= 0.3 is 0 Å². The smallest absolute Gasteiger partial charge is 0.185 e. The summed E-state index contributed by atoms with van der Waals surface area (Å²) in [7, 11) is 0. The van der Waals surface area contributed by atoms with Crippen LogP contribution in [0.15, 0.2) is 106 Å². The van der Waals surface area contributed by atoms with Gasteiger partial charge in [-0.15, -0.1) is 0 Å². The van der Waals surface area contributed by atoms with Crippen molar-refractivity contribution in [3.05, 3.63) is 112 Å². The van der Waals surface area contributed by atoms with Crippen LogP contribution >= 0.6 is 23.4 Å². The largest absolute Gasteiger partial charge is 0.377 e. The van der Waals surface area contributed by atoms with E-state index in [9.17, 15) is 4.79 Å². The Morgan fingerprint density at radius 1 is 0.882 bits per heavy atom. The molecule has 34 heavy (non-hydrogen) atoms. The monoisotopic (exact) mass is 485 g/mol. The Labute approximate surface area is 211 Å². The molecule has 1 fully saturated rings. The van der Waals surface area contributed by atoms with E-state index in [-0.39, 0.29) is 5.78 Å². The highest BCUT2D eigenvalue weighted by Gasteiger charge is 2.21. The van der Waals surface area contributed by atoms with E-state index >= 15 is 0 Å². The molecule has 0 amide bonds. The standard InChI is InChI=1S/C30H28ClNOS/c31-27-13-15-28(16-14-27)34-30-23(9-11-26(30)21-32-18-4-1-5-19-32)12-17-29(33)25-10-8-22-6-2-3-7-24(22)20-25/h2-3,6-8,10,12-17,20-21H,1,4-5,9,11,18-19H2/b17-12+,26-21+. The van der Waals surface area contributed by atoms with Crippen LogP contribution in [-0.4, -0.2) is 23.8 Å². The third-order valence-corrected chi connectivity index (χ3v) is 7.97. The van der Waals surface area contributed by atoms with Crippen LogP contribution in [0.2, 0.25) is 5.02 Å². The lowest BCUT2D eigenvalue weighted by Crippen LogP contribution is -2.24. The molecule has 172 valence electrons. The Morgan fingerprint density at radius 3 is 2.44 bits per heavy atom. The first kappa shape index (κ1) is 23.0. The van der Waals surface area contributed by atoms with Crippen molar-refractivity contribution in [3.8, 4) is 0 Å². The molecule has 0 spiro atoms. The zero-order valence-electron chi connectivity index (χ0n) is 19.2. The second-order valence-electron chi connectivity index (χ2n) is 8.92. The second-order valence-corrected chi connectivity index (χ2v) is 10.4. The molecule has 0 bridgehead atoms. The lowest BCUT2D eigenvalue weighted by Gasteiger charge is -2.26. The fourth-order valence-electron chi connectivity index (χ4n) is 4.62. The maximum Gasteiger partial charge on any atom is 0.185 e. The first-order chi connectivity index (χ1) is 16.7. The minimum atomic E-state index is 0.0440. The van der Waals surface area contributed by atoms with E-state index in [1.54, 1.807) is 17.8 Å². The molecule has 2 nitrogen and oxygen atoms in total. The van der Waals surface area contributed by atoms with Crippen LogP contribution in [-0.2, 0) is 0 Å². The number of thioether (sulfide) groups is 1. The van der Waals surface area contributed by atoms with Crippen LogP contribution in [0.25, 0.3) is 10.8 Å². The van der Waals surface area contributed by atoms with Crippen LogP contribution in [0.1, 0.15) is 42.5 Å². The first-order valence-corrected chi connectivity index (χ1v) is 13.2. The molecule has 0 atom stereocenters. The number of likely N-dealkylation sites (tertiary alicyclic amines) is 1. The minimum Gasteiger partial charge on any atom is -0.377 e. The molecule has 0 aromatic heterocycles. The number of benzene rings is 3. The Balaban J connectivity index is 1.42. The van der Waals surface area contributed by atoms with E-state index in [1.165, 1.54) is 35.3 Å². The summed E-state index contributed by atoms with van der Waals surface area (Å²) in [5, 5.41) is 2.98.